The van der Waals surface area contributed by atoms with Crippen molar-refractivity contribution >= 4 is 23.7 Å². The van der Waals surface area contributed by atoms with Gasteiger partial charge in [-0.05, 0) is 12.5 Å². The summed E-state index contributed by atoms with van der Waals surface area (Å²) in [6.45, 7) is 2.80. The molecule has 0 spiro atoms. The molecule has 0 amide bonds. The van der Waals surface area contributed by atoms with E-state index in [0.29, 0.717) is 0 Å². The Balaban J connectivity index is 1.56. The SMILES string of the molecule is CO[C@@H]1[C@@H](OC)[C@H](O[C@H]2[C@H](OC(C)=O)[C@@H](OCc3ccccc3)[C@@H]3OC[C@@H]2O3)O[C@H](C(=O)O)[C@H]1OC(=O)CCC(C)=O. The number of hydrogen-bond donors (Lipinski definition) is 1. The van der Waals surface area contributed by atoms with Gasteiger partial charge < -0.3 is 52.5 Å². The Morgan fingerprint density at radius 2 is 1.57 bits per heavy atom. The summed E-state index contributed by atoms with van der Waals surface area (Å²) in [5.41, 5.74) is 0.864. The number of fused-ring (bicyclic) bond motifs is 2. The van der Waals surface area contributed by atoms with Crippen LogP contribution in [0.4, 0.5) is 0 Å². The zero-order valence-corrected chi connectivity index (χ0v) is 23.7. The highest BCUT2D eigenvalue weighted by Crippen LogP contribution is 2.37. The van der Waals surface area contributed by atoms with Crippen molar-refractivity contribution in [1.29, 1.82) is 0 Å². The van der Waals surface area contributed by atoms with Crippen molar-refractivity contribution in [2.75, 3.05) is 20.8 Å². The van der Waals surface area contributed by atoms with Gasteiger partial charge in [0.05, 0.1) is 19.6 Å². The lowest BCUT2D eigenvalue weighted by molar-refractivity contribution is -0.340. The molecule has 4 rings (SSSR count). The minimum Gasteiger partial charge on any atom is -0.479 e. The Labute approximate surface area is 242 Å². The maximum absolute atomic E-state index is 12.4. The molecule has 10 atom stereocenters. The molecule has 0 radical (unpaired) electrons. The fraction of sp³-hybridized carbons (Fsp3) is 0.643. The quantitative estimate of drug-likeness (QED) is 0.316. The van der Waals surface area contributed by atoms with Gasteiger partial charge in [-0.25, -0.2) is 4.79 Å². The molecule has 3 heterocycles. The summed E-state index contributed by atoms with van der Waals surface area (Å²) >= 11 is 0. The van der Waals surface area contributed by atoms with Gasteiger partial charge in [-0.1, -0.05) is 30.3 Å². The zero-order valence-electron chi connectivity index (χ0n) is 23.7. The number of benzene rings is 1. The maximum atomic E-state index is 12.4. The molecule has 3 aliphatic heterocycles. The van der Waals surface area contributed by atoms with Crippen LogP contribution < -0.4 is 0 Å². The molecule has 1 aromatic carbocycles. The lowest BCUT2D eigenvalue weighted by Gasteiger charge is -2.46. The summed E-state index contributed by atoms with van der Waals surface area (Å²) in [4.78, 5) is 48.2. The number of rotatable bonds is 13. The second-order valence-corrected chi connectivity index (χ2v) is 10.1. The standard InChI is InChI=1S/C28H36O14/c1-14(29)10-11-18(31)40-22-20(34-3)24(35-4)28(42-23(22)26(32)33)41-19-17-13-37-27(39-17)25(21(19)38-15(2)30)36-12-16-8-6-5-7-9-16/h5-9,17,19-25,27-28H,10-13H2,1-4H3,(H,32,33)/t17-,19+,20-,21-,22-,23-,24+,25+,27+,28+/m0/s1. The molecule has 14 heteroatoms. The number of hydrogen-bond acceptors (Lipinski definition) is 13. The van der Waals surface area contributed by atoms with E-state index >= 15 is 0 Å². The largest absolute Gasteiger partial charge is 0.479 e. The fourth-order valence-electron chi connectivity index (χ4n) is 5.18. The van der Waals surface area contributed by atoms with Gasteiger partial charge in [0.2, 0.25) is 0 Å². The summed E-state index contributed by atoms with van der Waals surface area (Å²) in [6, 6.07) is 9.33. The molecule has 1 aromatic rings. The number of carbonyl (C=O) groups excluding carboxylic acids is 3. The molecule has 232 valence electrons. The fourth-order valence-corrected chi connectivity index (χ4v) is 5.18. The number of carboxylic acids is 1. The monoisotopic (exact) mass is 596 g/mol. The van der Waals surface area contributed by atoms with Gasteiger partial charge in [-0.15, -0.1) is 0 Å². The van der Waals surface area contributed by atoms with E-state index < -0.39 is 79.3 Å². The van der Waals surface area contributed by atoms with E-state index in [2.05, 4.69) is 0 Å². The molecule has 1 N–H and O–H groups in total. The van der Waals surface area contributed by atoms with Crippen LogP contribution in [-0.4, -0.2) is 111 Å². The third kappa shape index (κ3) is 7.50. The Kier molecular flexibility index (Phi) is 11.0. The lowest BCUT2D eigenvalue weighted by atomic mass is 9.96. The Bertz CT molecular complexity index is 1100. The van der Waals surface area contributed by atoms with Crippen molar-refractivity contribution in [2.24, 2.45) is 0 Å². The number of methoxy groups -OCH3 is 2. The van der Waals surface area contributed by atoms with Crippen LogP contribution in [0.15, 0.2) is 30.3 Å². The molecule has 3 fully saturated rings. The summed E-state index contributed by atoms with van der Waals surface area (Å²) in [6.07, 6.45) is -11.6. The number of aliphatic carboxylic acids is 1. The third-order valence-electron chi connectivity index (χ3n) is 7.13. The predicted octanol–water partition coefficient (Wildman–Crippen LogP) is 0.764. The summed E-state index contributed by atoms with van der Waals surface area (Å²) in [7, 11) is 2.62. The Hall–Kier alpha value is -2.98. The second kappa shape index (κ2) is 14.5. The van der Waals surface area contributed by atoms with E-state index in [1.165, 1.54) is 28.1 Å². The van der Waals surface area contributed by atoms with Crippen molar-refractivity contribution < 1.29 is 66.9 Å². The van der Waals surface area contributed by atoms with Gasteiger partial charge in [0.15, 0.2) is 30.9 Å². The molecule has 2 bridgehead atoms. The van der Waals surface area contributed by atoms with Crippen LogP contribution in [0, 0.1) is 0 Å². The number of Topliss-reactive ketones (excluding diaryl/α,β-unsaturated/α-hetero) is 1. The van der Waals surface area contributed by atoms with E-state index in [1.807, 2.05) is 30.3 Å². The van der Waals surface area contributed by atoms with Crippen LogP contribution in [0.5, 0.6) is 0 Å². The number of carbonyl (C=O) groups is 4. The van der Waals surface area contributed by atoms with E-state index in [0.717, 1.165) is 5.56 Å². The third-order valence-corrected chi connectivity index (χ3v) is 7.13. The van der Waals surface area contributed by atoms with Gasteiger partial charge in [-0.3, -0.25) is 9.59 Å². The van der Waals surface area contributed by atoms with Gasteiger partial charge >= 0.3 is 17.9 Å². The van der Waals surface area contributed by atoms with Crippen LogP contribution in [0.3, 0.4) is 0 Å². The first-order valence-corrected chi connectivity index (χ1v) is 13.5. The first-order chi connectivity index (χ1) is 20.1. The zero-order chi connectivity index (χ0) is 30.4. The molecule has 0 unspecified atom stereocenters. The first-order valence-electron chi connectivity index (χ1n) is 13.5. The smallest absolute Gasteiger partial charge is 0.336 e. The van der Waals surface area contributed by atoms with Crippen LogP contribution in [0.2, 0.25) is 0 Å². The van der Waals surface area contributed by atoms with E-state index in [4.69, 9.17) is 42.6 Å². The van der Waals surface area contributed by atoms with Gasteiger partial charge in [-0.2, -0.15) is 0 Å². The number of carboxylic acid groups (broad SMARTS) is 1. The highest BCUT2D eigenvalue weighted by atomic mass is 16.8. The number of ketones is 1. The van der Waals surface area contributed by atoms with Gasteiger partial charge in [0, 0.05) is 27.6 Å². The van der Waals surface area contributed by atoms with Crippen molar-refractivity contribution in [1.82, 2.24) is 0 Å². The molecule has 3 saturated heterocycles. The second-order valence-electron chi connectivity index (χ2n) is 10.1. The van der Waals surface area contributed by atoms with Crippen molar-refractivity contribution in [3.8, 4) is 0 Å². The number of esters is 2. The normalized spacial score (nSPS) is 34.0. The van der Waals surface area contributed by atoms with Crippen molar-refractivity contribution in [3.05, 3.63) is 35.9 Å². The average molecular weight is 597 g/mol. The van der Waals surface area contributed by atoms with Crippen LogP contribution in [0.1, 0.15) is 32.3 Å². The van der Waals surface area contributed by atoms with Gasteiger partial charge in [0.1, 0.15) is 36.3 Å². The predicted molar refractivity (Wildman–Crippen MR) is 138 cm³/mol. The van der Waals surface area contributed by atoms with Crippen LogP contribution in [-0.2, 0) is 68.4 Å². The lowest BCUT2D eigenvalue weighted by Crippen LogP contribution is -2.65. The van der Waals surface area contributed by atoms with Crippen molar-refractivity contribution in [2.45, 2.75) is 94.7 Å². The maximum Gasteiger partial charge on any atom is 0.336 e. The first kappa shape index (κ1) is 31.9. The average Bonchev–Trinajstić information content (AvgIpc) is 3.39. The highest BCUT2D eigenvalue weighted by Gasteiger charge is 2.58. The van der Waals surface area contributed by atoms with E-state index in [1.54, 1.807) is 0 Å². The minimum absolute atomic E-state index is 0.0710. The molecule has 3 aliphatic rings. The van der Waals surface area contributed by atoms with E-state index in [-0.39, 0.29) is 31.8 Å². The summed E-state index contributed by atoms with van der Waals surface area (Å²) in [5, 5.41) is 9.98. The van der Waals surface area contributed by atoms with Gasteiger partial charge in [0.25, 0.3) is 0 Å². The van der Waals surface area contributed by atoms with Crippen LogP contribution >= 0.6 is 0 Å². The van der Waals surface area contributed by atoms with E-state index in [9.17, 15) is 24.3 Å². The Morgan fingerprint density at radius 1 is 0.857 bits per heavy atom. The van der Waals surface area contributed by atoms with Crippen molar-refractivity contribution in [3.63, 3.8) is 0 Å². The molecule has 42 heavy (non-hydrogen) atoms. The molecular formula is C28H36O14. The molecule has 14 nitrogen and oxygen atoms in total. The Morgan fingerprint density at radius 3 is 2.19 bits per heavy atom. The summed E-state index contributed by atoms with van der Waals surface area (Å²) < 4.78 is 52.1. The molecule has 0 saturated carbocycles. The molecule has 0 aromatic heterocycles. The highest BCUT2D eigenvalue weighted by molar-refractivity contribution is 5.81. The molecular weight excluding hydrogens is 560 g/mol. The molecule has 0 aliphatic carbocycles. The number of ether oxygens (including phenoxy) is 9. The summed E-state index contributed by atoms with van der Waals surface area (Å²) in [5.74, 6) is -3.08. The van der Waals surface area contributed by atoms with Crippen LogP contribution in [0.25, 0.3) is 0 Å². The minimum atomic E-state index is -1.72. The topological polar surface area (TPSA) is 172 Å².